The predicted octanol–water partition coefficient (Wildman–Crippen LogP) is 2.73. The quantitative estimate of drug-likeness (QED) is 0.806. The topological polar surface area (TPSA) is 64.2 Å². The van der Waals surface area contributed by atoms with Gasteiger partial charge in [0.1, 0.15) is 11.4 Å². The Morgan fingerprint density at radius 3 is 2.35 bits per heavy atom. The second-order valence-electron chi connectivity index (χ2n) is 5.34. The minimum Gasteiger partial charge on any atom is -0.383 e. The molecule has 0 spiro atoms. The maximum absolute atomic E-state index is 12.6. The second-order valence-corrected chi connectivity index (χ2v) is 5.34. The van der Waals surface area contributed by atoms with Gasteiger partial charge in [0.15, 0.2) is 0 Å². The normalized spacial score (nSPS) is 10.5. The van der Waals surface area contributed by atoms with Gasteiger partial charge in [-0.2, -0.15) is 5.10 Å². The van der Waals surface area contributed by atoms with E-state index in [1.165, 1.54) is 6.20 Å². The smallest absolute Gasteiger partial charge is 0.259 e. The highest BCUT2D eigenvalue weighted by atomic mass is 16.2. The van der Waals surface area contributed by atoms with Gasteiger partial charge in [-0.1, -0.05) is 48.5 Å². The third kappa shape index (κ3) is 3.08. The molecule has 5 heteroatoms. The standard InChI is InChI=1S/C18H18N4O/c1-21(13-14-8-4-2-5-9-14)18(23)16-12-20-22(17(16)19)15-10-6-3-7-11-15/h2-12H,13,19H2,1H3. The van der Waals surface area contributed by atoms with E-state index in [9.17, 15) is 4.79 Å². The van der Waals surface area contributed by atoms with Gasteiger partial charge in [-0.15, -0.1) is 0 Å². The van der Waals surface area contributed by atoms with Crippen LogP contribution < -0.4 is 5.73 Å². The zero-order valence-electron chi connectivity index (χ0n) is 12.9. The molecule has 0 atom stereocenters. The molecule has 2 aromatic carbocycles. The Morgan fingerprint density at radius 1 is 1.09 bits per heavy atom. The Labute approximate surface area is 135 Å². The van der Waals surface area contributed by atoms with E-state index in [2.05, 4.69) is 5.10 Å². The van der Waals surface area contributed by atoms with Gasteiger partial charge >= 0.3 is 0 Å². The number of carbonyl (C=O) groups is 1. The van der Waals surface area contributed by atoms with E-state index >= 15 is 0 Å². The first-order valence-corrected chi connectivity index (χ1v) is 7.35. The highest BCUT2D eigenvalue weighted by Crippen LogP contribution is 2.19. The van der Waals surface area contributed by atoms with E-state index < -0.39 is 0 Å². The Bertz CT molecular complexity index is 796. The fraction of sp³-hybridized carbons (Fsp3) is 0.111. The summed E-state index contributed by atoms with van der Waals surface area (Å²) in [5, 5.41) is 4.24. The number of benzene rings is 2. The molecule has 0 saturated carbocycles. The molecule has 23 heavy (non-hydrogen) atoms. The van der Waals surface area contributed by atoms with Gasteiger partial charge in [0.25, 0.3) is 5.91 Å². The lowest BCUT2D eigenvalue weighted by Crippen LogP contribution is -2.26. The van der Waals surface area contributed by atoms with E-state index in [0.29, 0.717) is 17.9 Å². The number of carbonyl (C=O) groups excluding carboxylic acids is 1. The summed E-state index contributed by atoms with van der Waals surface area (Å²) in [6, 6.07) is 19.3. The fourth-order valence-electron chi connectivity index (χ4n) is 2.43. The number of para-hydroxylation sites is 1. The maximum atomic E-state index is 12.6. The van der Waals surface area contributed by atoms with Gasteiger partial charge in [0.05, 0.1) is 11.9 Å². The van der Waals surface area contributed by atoms with Crippen LogP contribution in [0, 0.1) is 0 Å². The molecule has 0 bridgehead atoms. The van der Waals surface area contributed by atoms with Crippen LogP contribution in [0.1, 0.15) is 15.9 Å². The van der Waals surface area contributed by atoms with Crippen molar-refractivity contribution < 1.29 is 4.79 Å². The molecular formula is C18H18N4O. The summed E-state index contributed by atoms with van der Waals surface area (Å²) in [6.07, 6.45) is 1.52. The highest BCUT2D eigenvalue weighted by Gasteiger charge is 2.19. The van der Waals surface area contributed by atoms with E-state index in [-0.39, 0.29) is 5.91 Å². The third-order valence-corrected chi connectivity index (χ3v) is 3.65. The molecule has 0 fully saturated rings. The Balaban J connectivity index is 1.82. The number of anilines is 1. The van der Waals surface area contributed by atoms with Crippen molar-refractivity contribution in [2.75, 3.05) is 12.8 Å². The number of hydrogen-bond acceptors (Lipinski definition) is 3. The fourth-order valence-corrected chi connectivity index (χ4v) is 2.43. The zero-order chi connectivity index (χ0) is 16.2. The number of aromatic nitrogens is 2. The lowest BCUT2D eigenvalue weighted by atomic mass is 10.2. The molecule has 3 rings (SSSR count). The molecule has 3 aromatic rings. The first-order chi connectivity index (χ1) is 11.2. The van der Waals surface area contributed by atoms with Crippen molar-refractivity contribution in [3.63, 3.8) is 0 Å². The average molecular weight is 306 g/mol. The molecule has 116 valence electrons. The minimum atomic E-state index is -0.145. The SMILES string of the molecule is CN(Cc1ccccc1)C(=O)c1cnn(-c2ccccc2)c1N. The molecule has 0 aliphatic rings. The van der Waals surface area contributed by atoms with E-state index in [1.807, 2.05) is 60.7 Å². The Morgan fingerprint density at radius 2 is 1.70 bits per heavy atom. The van der Waals surface area contributed by atoms with Gasteiger partial charge in [-0.25, -0.2) is 4.68 Å². The Hall–Kier alpha value is -3.08. The van der Waals surface area contributed by atoms with Crippen molar-refractivity contribution in [1.29, 1.82) is 0 Å². The molecule has 2 N–H and O–H groups in total. The van der Waals surface area contributed by atoms with Gasteiger partial charge in [0, 0.05) is 13.6 Å². The molecule has 0 aliphatic carbocycles. The summed E-state index contributed by atoms with van der Waals surface area (Å²) in [4.78, 5) is 14.2. The van der Waals surface area contributed by atoms with Crippen molar-refractivity contribution in [3.8, 4) is 5.69 Å². The van der Waals surface area contributed by atoms with Crippen LogP contribution in [0.2, 0.25) is 0 Å². The molecule has 1 heterocycles. The summed E-state index contributed by atoms with van der Waals surface area (Å²) < 4.78 is 1.57. The number of hydrogen-bond donors (Lipinski definition) is 1. The summed E-state index contributed by atoms with van der Waals surface area (Å²) in [5.41, 5.74) is 8.43. The van der Waals surface area contributed by atoms with Crippen LogP contribution in [0.15, 0.2) is 66.9 Å². The van der Waals surface area contributed by atoms with Gasteiger partial charge in [-0.05, 0) is 17.7 Å². The van der Waals surface area contributed by atoms with Gasteiger partial charge in [0.2, 0.25) is 0 Å². The molecule has 0 aliphatic heterocycles. The van der Waals surface area contributed by atoms with Crippen LogP contribution in [-0.2, 0) is 6.54 Å². The monoisotopic (exact) mass is 306 g/mol. The second kappa shape index (κ2) is 6.36. The molecule has 5 nitrogen and oxygen atoms in total. The molecule has 1 amide bonds. The number of amides is 1. The summed E-state index contributed by atoms with van der Waals surface area (Å²) in [6.45, 7) is 0.523. The van der Waals surface area contributed by atoms with Crippen LogP contribution >= 0.6 is 0 Å². The van der Waals surface area contributed by atoms with Crippen molar-refractivity contribution >= 4 is 11.7 Å². The number of nitrogens with two attached hydrogens (primary N) is 1. The van der Waals surface area contributed by atoms with Crippen molar-refractivity contribution in [2.45, 2.75) is 6.54 Å². The van der Waals surface area contributed by atoms with Crippen LogP contribution in [0.25, 0.3) is 5.69 Å². The summed E-state index contributed by atoms with van der Waals surface area (Å²) >= 11 is 0. The van der Waals surface area contributed by atoms with Crippen molar-refractivity contribution in [1.82, 2.24) is 14.7 Å². The maximum Gasteiger partial charge on any atom is 0.259 e. The van der Waals surface area contributed by atoms with Crippen LogP contribution in [0.5, 0.6) is 0 Å². The van der Waals surface area contributed by atoms with E-state index in [0.717, 1.165) is 11.3 Å². The zero-order valence-corrected chi connectivity index (χ0v) is 12.9. The molecular weight excluding hydrogens is 288 g/mol. The number of rotatable bonds is 4. The Kier molecular flexibility index (Phi) is 4.10. The van der Waals surface area contributed by atoms with E-state index in [1.54, 1.807) is 16.6 Å². The van der Waals surface area contributed by atoms with Crippen LogP contribution in [0.4, 0.5) is 5.82 Å². The van der Waals surface area contributed by atoms with Gasteiger partial charge < -0.3 is 10.6 Å². The molecule has 0 unspecified atom stereocenters. The number of nitrogens with zero attached hydrogens (tertiary/aromatic N) is 3. The molecule has 0 saturated heterocycles. The summed E-state index contributed by atoms with van der Waals surface area (Å²) in [7, 11) is 1.76. The van der Waals surface area contributed by atoms with Crippen LogP contribution in [0.3, 0.4) is 0 Å². The average Bonchev–Trinajstić information content (AvgIpc) is 2.97. The van der Waals surface area contributed by atoms with Crippen LogP contribution in [-0.4, -0.2) is 27.6 Å². The largest absolute Gasteiger partial charge is 0.383 e. The van der Waals surface area contributed by atoms with Crippen molar-refractivity contribution in [3.05, 3.63) is 78.0 Å². The predicted molar refractivity (Wildman–Crippen MR) is 90.2 cm³/mol. The highest BCUT2D eigenvalue weighted by molar-refractivity contribution is 5.98. The number of nitrogen functional groups attached to an aromatic ring is 1. The summed E-state index contributed by atoms with van der Waals surface area (Å²) in [5.74, 6) is 0.203. The minimum absolute atomic E-state index is 0.145. The first-order valence-electron chi connectivity index (χ1n) is 7.35. The van der Waals surface area contributed by atoms with Gasteiger partial charge in [-0.3, -0.25) is 4.79 Å². The van der Waals surface area contributed by atoms with E-state index in [4.69, 9.17) is 5.73 Å². The first kappa shape index (κ1) is 14.8. The lowest BCUT2D eigenvalue weighted by Gasteiger charge is -2.17. The lowest BCUT2D eigenvalue weighted by molar-refractivity contribution is 0.0786. The van der Waals surface area contributed by atoms with Crippen molar-refractivity contribution in [2.24, 2.45) is 0 Å². The third-order valence-electron chi connectivity index (χ3n) is 3.65. The molecule has 1 aromatic heterocycles. The molecule has 0 radical (unpaired) electrons.